The molecule has 1 N–H and O–H groups in total. The van der Waals surface area contributed by atoms with Crippen LogP contribution in [-0.2, 0) is 10.8 Å². The molecule has 227 valence electrons. The second-order valence-corrected chi connectivity index (χ2v) is 14.6. The Hall–Kier alpha value is -5.02. The second kappa shape index (κ2) is 9.75. The van der Waals surface area contributed by atoms with Gasteiger partial charge in [-0.15, -0.1) is 0 Å². The average Bonchev–Trinajstić information content (AvgIpc) is 3.06. The largest absolute Gasteiger partial charge is 0.355 e. The van der Waals surface area contributed by atoms with Crippen molar-refractivity contribution in [2.24, 2.45) is 0 Å². The molecule has 6 aromatic rings. The quantitative estimate of drug-likeness (QED) is 0.197. The van der Waals surface area contributed by atoms with Crippen LogP contribution in [0.2, 0.25) is 0 Å². The Morgan fingerprint density at radius 3 is 2.02 bits per heavy atom. The highest BCUT2D eigenvalue weighted by atomic mass is 15.2. The molecule has 0 atom stereocenters. The zero-order chi connectivity index (χ0) is 32.2. The molecule has 0 bridgehead atoms. The van der Waals surface area contributed by atoms with E-state index in [0.717, 1.165) is 0 Å². The number of aryl methyl sites for hydroxylation is 2. The first-order valence-electron chi connectivity index (χ1n) is 16.8. The van der Waals surface area contributed by atoms with Gasteiger partial charge in [0.05, 0.1) is 11.4 Å². The monoisotopic (exact) mass is 605 g/mol. The smallest absolute Gasteiger partial charge is 0.197 e. The van der Waals surface area contributed by atoms with E-state index in [0.29, 0.717) is 0 Å². The Balaban J connectivity index is 1.38. The molecule has 1 radical (unpaired) electrons. The van der Waals surface area contributed by atoms with Gasteiger partial charge in [-0.3, -0.25) is 0 Å². The maximum absolute atomic E-state index is 3.92. The summed E-state index contributed by atoms with van der Waals surface area (Å²) in [5.41, 5.74) is 21.4. The van der Waals surface area contributed by atoms with E-state index < -0.39 is 0 Å². The van der Waals surface area contributed by atoms with Gasteiger partial charge in [-0.05, 0) is 93.6 Å². The van der Waals surface area contributed by atoms with E-state index in [9.17, 15) is 0 Å². The van der Waals surface area contributed by atoms with Crippen LogP contribution in [0.3, 0.4) is 0 Å². The summed E-state index contributed by atoms with van der Waals surface area (Å²) >= 11 is 0. The van der Waals surface area contributed by atoms with E-state index in [1.54, 1.807) is 0 Å². The molecule has 0 aromatic heterocycles. The van der Waals surface area contributed by atoms with Crippen LogP contribution in [0.25, 0.3) is 22.3 Å². The summed E-state index contributed by atoms with van der Waals surface area (Å²) in [5, 5.41) is 3.92. The highest BCUT2D eigenvalue weighted by molar-refractivity contribution is 6.73. The topological polar surface area (TPSA) is 15.3 Å². The fourth-order valence-corrected chi connectivity index (χ4v) is 8.76. The molecule has 0 unspecified atom stereocenters. The predicted molar refractivity (Wildman–Crippen MR) is 200 cm³/mol. The van der Waals surface area contributed by atoms with Crippen LogP contribution in [0, 0.1) is 13.8 Å². The van der Waals surface area contributed by atoms with Crippen LogP contribution in [-0.4, -0.2) is 7.28 Å². The first-order valence-corrected chi connectivity index (χ1v) is 16.8. The number of rotatable bonds is 2. The summed E-state index contributed by atoms with van der Waals surface area (Å²) in [5.74, 6) is 0. The summed E-state index contributed by atoms with van der Waals surface area (Å²) in [7, 11) is 2.44. The SMILES string of the molecule is Cc1cccc(C)c1-c1cc(-c2cccc3c2Nc2ccccc2C3(C)C)c2c(c1)N1c3ccccc3C(C)(C)c3cccc(c31)[B]2. The number of nitrogens with zero attached hydrogens (tertiary/aromatic N) is 1. The number of benzene rings is 6. The maximum atomic E-state index is 3.92. The molecular weight excluding hydrogens is 567 g/mol. The lowest BCUT2D eigenvalue weighted by Gasteiger charge is -2.46. The molecule has 3 heteroatoms. The minimum atomic E-state index is -0.139. The molecule has 0 aliphatic carbocycles. The zero-order valence-corrected chi connectivity index (χ0v) is 28.0. The molecular formula is C44H38BN2. The van der Waals surface area contributed by atoms with Crippen LogP contribution >= 0.6 is 0 Å². The van der Waals surface area contributed by atoms with Gasteiger partial charge in [0.1, 0.15) is 0 Å². The normalized spacial score (nSPS) is 15.7. The highest BCUT2D eigenvalue weighted by Gasteiger charge is 2.41. The fourth-order valence-electron chi connectivity index (χ4n) is 8.76. The van der Waals surface area contributed by atoms with Crippen molar-refractivity contribution < 1.29 is 0 Å². The summed E-state index contributed by atoms with van der Waals surface area (Å²) in [6.45, 7) is 13.9. The van der Waals surface area contributed by atoms with Gasteiger partial charge in [-0.25, -0.2) is 0 Å². The number of hydrogen-bond acceptors (Lipinski definition) is 2. The molecule has 0 spiro atoms. The Morgan fingerprint density at radius 1 is 0.574 bits per heavy atom. The van der Waals surface area contributed by atoms with Crippen LogP contribution in [0.4, 0.5) is 28.4 Å². The van der Waals surface area contributed by atoms with E-state index in [2.05, 4.69) is 174 Å². The Bertz CT molecular complexity index is 2270. The molecule has 9 rings (SSSR count). The van der Waals surface area contributed by atoms with Crippen molar-refractivity contribution in [1.82, 2.24) is 0 Å². The van der Waals surface area contributed by atoms with Gasteiger partial charge >= 0.3 is 0 Å². The maximum Gasteiger partial charge on any atom is 0.197 e. The van der Waals surface area contributed by atoms with Crippen LogP contribution in [0.1, 0.15) is 61.1 Å². The summed E-state index contributed by atoms with van der Waals surface area (Å²) in [6.07, 6.45) is 0. The van der Waals surface area contributed by atoms with Gasteiger partial charge in [0.25, 0.3) is 0 Å². The molecule has 6 aromatic carbocycles. The molecule has 2 nitrogen and oxygen atoms in total. The fraction of sp³-hybridized carbons (Fsp3) is 0.182. The predicted octanol–water partition coefficient (Wildman–Crippen LogP) is 10.1. The second-order valence-electron chi connectivity index (χ2n) is 14.6. The molecule has 0 amide bonds. The lowest BCUT2D eigenvalue weighted by Crippen LogP contribution is -2.45. The Kier molecular flexibility index (Phi) is 5.85. The standard InChI is InChI=1S/C44H38BN2/c1-26-14-11-15-27(2)39(26)28-24-30(29-16-12-19-33-41(29)46-36-22-9-7-17-31(36)43(33,3)4)40-38(25-28)47-37-23-10-8-18-32(37)44(5,6)34-20-13-21-35(45-40)42(34)47/h7-25,46H,1-6H3. The van der Waals surface area contributed by atoms with Gasteiger partial charge in [0.2, 0.25) is 0 Å². The third kappa shape index (κ3) is 3.86. The van der Waals surface area contributed by atoms with Crippen molar-refractivity contribution in [2.45, 2.75) is 52.4 Å². The van der Waals surface area contributed by atoms with Gasteiger partial charge in [-0.1, -0.05) is 124 Å². The van der Waals surface area contributed by atoms with E-state index in [-0.39, 0.29) is 10.8 Å². The molecule has 47 heavy (non-hydrogen) atoms. The minimum absolute atomic E-state index is 0.113. The molecule has 0 fully saturated rings. The van der Waals surface area contributed by atoms with Gasteiger partial charge in [-0.2, -0.15) is 0 Å². The van der Waals surface area contributed by atoms with Crippen molar-refractivity contribution in [3.8, 4) is 22.3 Å². The van der Waals surface area contributed by atoms with Gasteiger partial charge in [0.15, 0.2) is 7.28 Å². The lowest BCUT2D eigenvalue weighted by molar-refractivity contribution is 0.632. The van der Waals surface area contributed by atoms with E-state index in [1.807, 2.05) is 0 Å². The minimum Gasteiger partial charge on any atom is -0.355 e. The molecule has 3 aliphatic heterocycles. The number of hydrogen-bond donors (Lipinski definition) is 1. The average molecular weight is 606 g/mol. The van der Waals surface area contributed by atoms with E-state index in [4.69, 9.17) is 0 Å². The molecule has 0 saturated carbocycles. The summed E-state index contributed by atoms with van der Waals surface area (Å²) in [6, 6.07) is 43.0. The molecule has 3 heterocycles. The highest BCUT2D eigenvalue weighted by Crippen LogP contribution is 2.54. The van der Waals surface area contributed by atoms with Crippen molar-refractivity contribution in [2.75, 3.05) is 10.2 Å². The zero-order valence-electron chi connectivity index (χ0n) is 28.0. The van der Waals surface area contributed by atoms with Crippen LogP contribution in [0.5, 0.6) is 0 Å². The third-order valence-electron chi connectivity index (χ3n) is 11.1. The summed E-state index contributed by atoms with van der Waals surface area (Å²) in [4.78, 5) is 2.56. The van der Waals surface area contributed by atoms with Crippen molar-refractivity contribution >= 4 is 46.6 Å². The van der Waals surface area contributed by atoms with Crippen molar-refractivity contribution in [1.29, 1.82) is 0 Å². The van der Waals surface area contributed by atoms with Crippen LogP contribution in [0.15, 0.2) is 115 Å². The Morgan fingerprint density at radius 2 is 1.21 bits per heavy atom. The third-order valence-corrected chi connectivity index (χ3v) is 11.1. The van der Waals surface area contributed by atoms with Crippen molar-refractivity contribution in [3.05, 3.63) is 149 Å². The Labute approximate surface area is 279 Å². The van der Waals surface area contributed by atoms with Gasteiger partial charge < -0.3 is 10.2 Å². The number of para-hydroxylation sites is 4. The van der Waals surface area contributed by atoms with Gasteiger partial charge in [0, 0.05) is 33.5 Å². The number of fused-ring (bicyclic) bond motifs is 6. The lowest BCUT2D eigenvalue weighted by atomic mass is 9.55. The molecule has 0 saturated heterocycles. The van der Waals surface area contributed by atoms with E-state index in [1.165, 1.54) is 95.0 Å². The summed E-state index contributed by atoms with van der Waals surface area (Å²) < 4.78 is 0. The molecule has 3 aliphatic rings. The first-order chi connectivity index (χ1) is 22.7. The number of anilines is 5. The van der Waals surface area contributed by atoms with Crippen LogP contribution < -0.4 is 21.1 Å². The van der Waals surface area contributed by atoms with Crippen molar-refractivity contribution in [3.63, 3.8) is 0 Å². The number of nitrogens with one attached hydrogen (secondary N) is 1. The first kappa shape index (κ1) is 28.2. The van der Waals surface area contributed by atoms with E-state index >= 15 is 0 Å².